The zero-order chi connectivity index (χ0) is 93.2. The average Bonchev–Trinajstić information content (AvgIpc) is 1.69. The second-order valence-electron chi connectivity index (χ2n) is 34.9. The first kappa shape index (κ1) is 92.6. The number of H-pyrrole nitrogens is 5. The van der Waals surface area contributed by atoms with Crippen molar-refractivity contribution in [1.29, 1.82) is 21.0 Å². The highest BCUT2D eigenvalue weighted by Crippen LogP contribution is 2.53. The van der Waals surface area contributed by atoms with E-state index in [0.29, 0.717) is 24.7 Å². The number of nitriles is 4. The molecule has 0 radical (unpaired) electrons. The maximum atomic E-state index is 13.5. The third-order valence-corrected chi connectivity index (χ3v) is 27.8. The van der Waals surface area contributed by atoms with Gasteiger partial charge < -0.3 is 24.9 Å². The topological polar surface area (TPSA) is 174 Å². The third-order valence-electron chi connectivity index (χ3n) is 24.9. The quantitative estimate of drug-likeness (QED) is 0.0425. The van der Waals surface area contributed by atoms with E-state index in [1.807, 2.05) is 249 Å². The molecule has 2 fully saturated rings. The van der Waals surface area contributed by atoms with E-state index in [0.717, 1.165) is 196 Å². The normalized spacial score (nSPS) is 13.9. The summed E-state index contributed by atoms with van der Waals surface area (Å²) >= 11 is 4.55. The number of halogens is 9. The molecular weight excluding hydrogens is 1740 g/mol. The van der Waals surface area contributed by atoms with E-state index in [1.54, 1.807) is 28.7 Å². The maximum Gasteiger partial charge on any atom is 0.390 e. The lowest BCUT2D eigenvalue weighted by Gasteiger charge is -2.20. The predicted octanol–water partition coefficient (Wildman–Crippen LogP) is 33.2. The number of hydrogen-bond acceptors (Lipinski definition) is 7. The molecule has 8 heterocycles. The largest absolute Gasteiger partial charge is 0.390 e. The summed E-state index contributed by atoms with van der Waals surface area (Å²) in [5.41, 5.74) is 24.0. The van der Waals surface area contributed by atoms with Crippen molar-refractivity contribution in [1.82, 2.24) is 24.9 Å². The number of hydrogen-bond donors (Lipinski definition) is 5. The number of benzene rings is 10. The van der Waals surface area contributed by atoms with Crippen molar-refractivity contribution in [3.05, 3.63) is 365 Å². The number of alkyl halides is 9. The van der Waals surface area contributed by atoms with E-state index < -0.39 is 67.4 Å². The molecule has 0 amide bonds. The minimum absolute atomic E-state index is 0.299. The monoisotopic (exact) mass is 1830 g/mol. The highest BCUT2D eigenvalue weighted by atomic mass is 32.1. The average molecular weight is 1840 g/mol. The van der Waals surface area contributed by atoms with Crippen molar-refractivity contribution in [2.24, 2.45) is 23.7 Å². The SMILES string of the molecule is Cc1ccc2c([C@@H](CC3CC3)CC(F)(F)F)c(-c3ccccc3)[nH]c2c1.Cc1ccc2c([C@@H](c3cccs3)C(C#N)C#N)c(-c3ccccc3)[nH]c2c1.Cc1ccc2c([C@H](CC(F)(F)F)c3cccs3)c(-c3ccccc3)[nH]c2c1.Cc1ccc2c([C@H](CC3CC3)CC(F)(F)F)c(-c3ccccc3)[nH]c2c1.Cc1ccc2c([C@H](c3cccs3)C(C#N)C#N)c(-c3ccccc3)[nH]c2c1. The number of nitrogens with one attached hydrogen (secondary N) is 5. The van der Waals surface area contributed by atoms with Gasteiger partial charge in [0.25, 0.3) is 0 Å². The Hall–Kier alpha value is -13.7. The summed E-state index contributed by atoms with van der Waals surface area (Å²) in [5.74, 6) is -3.00. The summed E-state index contributed by atoms with van der Waals surface area (Å²) in [6, 6.07) is 100.0. The molecular formula is C112H96F9N9S3. The lowest BCUT2D eigenvalue weighted by atomic mass is 9.83. The molecule has 0 saturated heterocycles. The number of fused-ring (bicyclic) bond motifs is 5. The molecule has 21 heteroatoms. The molecule has 2 saturated carbocycles. The number of thiophene rings is 3. The van der Waals surface area contributed by atoms with Crippen LogP contribution in [0.1, 0.15) is 158 Å². The van der Waals surface area contributed by atoms with Gasteiger partial charge in [-0.3, -0.25) is 0 Å². The van der Waals surface area contributed by atoms with Gasteiger partial charge in [0.05, 0.1) is 72.5 Å². The predicted molar refractivity (Wildman–Crippen MR) is 522 cm³/mol. The van der Waals surface area contributed by atoms with Gasteiger partial charge in [-0.05, 0) is 219 Å². The van der Waals surface area contributed by atoms with Crippen molar-refractivity contribution >= 4 is 88.5 Å². The minimum atomic E-state index is -4.25. The summed E-state index contributed by atoms with van der Waals surface area (Å²) < 4.78 is 121. The molecule has 9 nitrogen and oxygen atoms in total. The molecule has 0 spiro atoms. The summed E-state index contributed by atoms with van der Waals surface area (Å²) in [5, 5.41) is 49.4. The van der Waals surface area contributed by atoms with Crippen LogP contribution in [-0.4, -0.2) is 43.4 Å². The molecule has 5 N–H and O–H groups in total. The first-order chi connectivity index (χ1) is 64.2. The first-order valence-corrected chi connectivity index (χ1v) is 47.1. The fraction of sp³-hybridized carbons (Fsp3) is 0.232. The molecule has 0 unspecified atom stereocenters. The summed E-state index contributed by atoms with van der Waals surface area (Å²) in [7, 11) is 0. The van der Waals surface area contributed by atoms with Gasteiger partial charge in [-0.15, -0.1) is 34.0 Å². The summed E-state index contributed by atoms with van der Waals surface area (Å²) in [6.45, 7) is 10.1. The zero-order valence-electron chi connectivity index (χ0n) is 73.8. The van der Waals surface area contributed by atoms with Gasteiger partial charge in [-0.2, -0.15) is 60.6 Å². The number of aromatic nitrogens is 5. The van der Waals surface area contributed by atoms with Crippen LogP contribution in [0, 0.1) is 104 Å². The Kier molecular flexibility index (Phi) is 28.3. The fourth-order valence-corrected chi connectivity index (χ4v) is 21.2. The lowest BCUT2D eigenvalue weighted by molar-refractivity contribution is -0.140. The Bertz CT molecular complexity index is 6800. The van der Waals surface area contributed by atoms with Crippen LogP contribution >= 0.6 is 34.0 Å². The molecule has 2 aliphatic rings. The lowest BCUT2D eigenvalue weighted by Crippen LogP contribution is -2.15. The van der Waals surface area contributed by atoms with Crippen LogP contribution in [0.3, 0.4) is 0 Å². The number of aromatic amines is 5. The fourth-order valence-electron chi connectivity index (χ4n) is 18.7. The highest BCUT2D eigenvalue weighted by molar-refractivity contribution is 7.10. The maximum absolute atomic E-state index is 13.5. The molecule has 0 aliphatic heterocycles. The van der Waals surface area contributed by atoms with E-state index in [2.05, 4.69) is 124 Å². The van der Waals surface area contributed by atoms with Gasteiger partial charge in [0, 0.05) is 86.5 Å². The smallest absolute Gasteiger partial charge is 0.354 e. The number of rotatable bonds is 22. The number of aryl methyl sites for hydroxylation is 5. The van der Waals surface area contributed by atoms with Crippen LogP contribution in [-0.2, 0) is 0 Å². The van der Waals surface area contributed by atoms with E-state index >= 15 is 0 Å². The Morgan fingerprint density at radius 2 is 0.534 bits per heavy atom. The van der Waals surface area contributed by atoms with Gasteiger partial charge in [0.15, 0.2) is 0 Å². The van der Waals surface area contributed by atoms with E-state index in [1.165, 1.54) is 22.5 Å². The molecule has 8 aromatic heterocycles. The second-order valence-corrected chi connectivity index (χ2v) is 37.8. The molecule has 133 heavy (non-hydrogen) atoms. The molecule has 670 valence electrons. The van der Waals surface area contributed by atoms with Crippen molar-refractivity contribution in [3.63, 3.8) is 0 Å². The van der Waals surface area contributed by atoms with Crippen LogP contribution in [0.4, 0.5) is 39.5 Å². The van der Waals surface area contributed by atoms with Crippen LogP contribution < -0.4 is 0 Å². The summed E-state index contributed by atoms with van der Waals surface area (Å²) in [4.78, 5) is 20.1. The molecule has 10 aromatic carbocycles. The molecule has 5 atom stereocenters. The molecule has 18 aromatic rings. The van der Waals surface area contributed by atoms with Crippen LogP contribution in [0.25, 0.3) is 111 Å². The van der Waals surface area contributed by atoms with Crippen LogP contribution in [0.15, 0.2) is 295 Å². The third kappa shape index (κ3) is 22.1. The van der Waals surface area contributed by atoms with Crippen molar-refractivity contribution in [2.75, 3.05) is 0 Å². The molecule has 2 aliphatic carbocycles. The van der Waals surface area contributed by atoms with E-state index in [9.17, 15) is 60.6 Å². The summed E-state index contributed by atoms with van der Waals surface area (Å²) in [6.07, 6.45) is -9.55. The standard InChI is InChI=1S/2C23H17N3S.C22H18F3NS.2C22H22F3N/c2*1-15-9-10-18-19(12-15)26-23(16-6-3-2-4-7-16)22(18)21(17(13-24)14-25)20-8-5-11-27-20;1-14-9-10-16-18(12-14)26-21(15-6-3-2-4-7-15)20(16)17(13-22(23,24)25)19-8-5-11-27-19;2*1-14-7-10-18-19(11-14)26-21(16-5-3-2-4-6-16)20(18)17(12-15-8-9-15)13-22(23,24)25/h2*2-12,17,21,26H,1H3;2-12,17,26H,13H2,1H3;2*2-7,10-11,15,17,26H,8-9,12-13H2,1H3/t2*21-;3*17-/m10110/s1. The Labute approximate surface area is 779 Å². The number of nitrogens with zero attached hydrogens (tertiary/aromatic N) is 4. The van der Waals surface area contributed by atoms with Gasteiger partial charge in [-0.1, -0.05) is 256 Å². The Morgan fingerprint density at radius 1 is 0.293 bits per heavy atom. The van der Waals surface area contributed by atoms with Gasteiger partial charge >= 0.3 is 18.5 Å². The van der Waals surface area contributed by atoms with Gasteiger partial charge in [-0.25, -0.2) is 0 Å². The van der Waals surface area contributed by atoms with Crippen molar-refractivity contribution < 1.29 is 39.5 Å². The van der Waals surface area contributed by atoms with Crippen molar-refractivity contribution in [2.45, 2.75) is 141 Å². The van der Waals surface area contributed by atoms with E-state index in [-0.39, 0.29) is 11.8 Å². The minimum Gasteiger partial charge on any atom is -0.354 e. The molecule has 0 bridgehead atoms. The van der Waals surface area contributed by atoms with Crippen LogP contribution in [0.2, 0.25) is 0 Å². The van der Waals surface area contributed by atoms with E-state index in [4.69, 9.17) is 0 Å². The van der Waals surface area contributed by atoms with Crippen LogP contribution in [0.5, 0.6) is 0 Å². The first-order valence-electron chi connectivity index (χ1n) is 44.5. The van der Waals surface area contributed by atoms with Crippen molar-refractivity contribution in [3.8, 4) is 80.6 Å². The Morgan fingerprint density at radius 3 is 0.774 bits per heavy atom. The Balaban J connectivity index is 0.000000121. The zero-order valence-corrected chi connectivity index (χ0v) is 76.2. The highest BCUT2D eigenvalue weighted by Gasteiger charge is 2.42. The van der Waals surface area contributed by atoms with Gasteiger partial charge in [0.2, 0.25) is 0 Å². The van der Waals surface area contributed by atoms with Gasteiger partial charge in [0.1, 0.15) is 11.8 Å². The molecule has 20 rings (SSSR count). The second kappa shape index (κ2) is 40.6.